The van der Waals surface area contributed by atoms with Crippen LogP contribution in [0.1, 0.15) is 31.9 Å². The zero-order chi connectivity index (χ0) is 12.1. The van der Waals surface area contributed by atoms with Crippen molar-refractivity contribution in [1.29, 1.82) is 0 Å². The molecular weight excluding hydrogens is 214 g/mol. The normalized spacial score (nSPS) is 16.8. The maximum atomic E-state index is 5.12. The predicted molar refractivity (Wildman–Crippen MR) is 67.1 cm³/mol. The molecule has 0 aliphatic heterocycles. The zero-order valence-corrected chi connectivity index (χ0v) is 10.6. The van der Waals surface area contributed by atoms with Gasteiger partial charge in [0.25, 0.3) is 0 Å². The lowest BCUT2D eigenvalue weighted by atomic mass is 10.1. The standard InChI is InChI=1S/C13H21N3O/c1-3-6-14-12(10-4-5-10)7-11-8-13(17-2)16-9-15-11/h8-10,12,14H,3-7H2,1-2H3. The first-order valence-electron chi connectivity index (χ1n) is 6.41. The fourth-order valence-corrected chi connectivity index (χ4v) is 2.06. The van der Waals surface area contributed by atoms with E-state index in [9.17, 15) is 0 Å². The molecule has 0 spiro atoms. The van der Waals surface area contributed by atoms with Crippen molar-refractivity contribution in [1.82, 2.24) is 15.3 Å². The first-order chi connectivity index (χ1) is 8.33. The van der Waals surface area contributed by atoms with E-state index in [1.54, 1.807) is 13.4 Å². The van der Waals surface area contributed by atoms with Crippen molar-refractivity contribution >= 4 is 0 Å². The minimum Gasteiger partial charge on any atom is -0.481 e. The highest BCUT2D eigenvalue weighted by molar-refractivity contribution is 5.15. The Morgan fingerprint density at radius 3 is 2.94 bits per heavy atom. The molecule has 1 aromatic heterocycles. The van der Waals surface area contributed by atoms with Gasteiger partial charge in [0.2, 0.25) is 5.88 Å². The number of nitrogens with one attached hydrogen (secondary N) is 1. The Labute approximate surface area is 103 Å². The molecule has 1 unspecified atom stereocenters. The molecule has 0 bridgehead atoms. The minimum absolute atomic E-state index is 0.564. The molecule has 1 aromatic rings. The number of methoxy groups -OCH3 is 1. The quantitative estimate of drug-likeness (QED) is 0.783. The van der Waals surface area contributed by atoms with E-state index >= 15 is 0 Å². The molecule has 1 heterocycles. The van der Waals surface area contributed by atoms with Crippen molar-refractivity contribution in [2.75, 3.05) is 13.7 Å². The van der Waals surface area contributed by atoms with Gasteiger partial charge < -0.3 is 10.1 Å². The van der Waals surface area contributed by atoms with E-state index in [-0.39, 0.29) is 0 Å². The molecule has 4 heteroatoms. The molecule has 94 valence electrons. The Balaban J connectivity index is 1.95. The summed E-state index contributed by atoms with van der Waals surface area (Å²) in [6.45, 7) is 3.29. The lowest BCUT2D eigenvalue weighted by molar-refractivity contribution is 0.394. The van der Waals surface area contributed by atoms with Gasteiger partial charge in [-0.1, -0.05) is 6.92 Å². The van der Waals surface area contributed by atoms with Crippen LogP contribution in [0.3, 0.4) is 0 Å². The van der Waals surface area contributed by atoms with Crippen LogP contribution in [0.15, 0.2) is 12.4 Å². The molecule has 0 saturated heterocycles. The van der Waals surface area contributed by atoms with E-state index in [1.807, 2.05) is 6.07 Å². The predicted octanol–water partition coefficient (Wildman–Crippen LogP) is 1.81. The van der Waals surface area contributed by atoms with E-state index in [1.165, 1.54) is 19.3 Å². The Morgan fingerprint density at radius 2 is 2.29 bits per heavy atom. The number of hydrogen-bond acceptors (Lipinski definition) is 4. The van der Waals surface area contributed by atoms with Gasteiger partial charge in [0.1, 0.15) is 6.33 Å². The molecule has 2 rings (SSSR count). The second-order valence-corrected chi connectivity index (χ2v) is 4.65. The Bertz CT molecular complexity index is 352. The average Bonchev–Trinajstić information content (AvgIpc) is 3.19. The molecule has 1 aliphatic carbocycles. The van der Waals surface area contributed by atoms with E-state index in [0.717, 1.165) is 24.6 Å². The monoisotopic (exact) mass is 235 g/mol. The third kappa shape index (κ3) is 3.66. The second kappa shape index (κ2) is 5.96. The van der Waals surface area contributed by atoms with Crippen LogP contribution in [0.4, 0.5) is 0 Å². The highest BCUT2D eigenvalue weighted by atomic mass is 16.5. The zero-order valence-electron chi connectivity index (χ0n) is 10.6. The van der Waals surface area contributed by atoms with E-state index in [4.69, 9.17) is 4.74 Å². The molecule has 0 radical (unpaired) electrons. The average molecular weight is 235 g/mol. The number of hydrogen-bond donors (Lipinski definition) is 1. The van der Waals surface area contributed by atoms with Gasteiger partial charge in [0.15, 0.2) is 0 Å². The summed E-state index contributed by atoms with van der Waals surface area (Å²) >= 11 is 0. The fraction of sp³-hybridized carbons (Fsp3) is 0.692. The van der Waals surface area contributed by atoms with Crippen molar-refractivity contribution < 1.29 is 4.74 Å². The van der Waals surface area contributed by atoms with Gasteiger partial charge in [0.05, 0.1) is 7.11 Å². The van der Waals surface area contributed by atoms with Crippen LogP contribution in [0, 0.1) is 5.92 Å². The summed E-state index contributed by atoms with van der Waals surface area (Å²) in [6, 6.07) is 2.50. The van der Waals surface area contributed by atoms with Crippen LogP contribution in [0.5, 0.6) is 5.88 Å². The first kappa shape index (κ1) is 12.3. The van der Waals surface area contributed by atoms with Crippen LogP contribution >= 0.6 is 0 Å². The smallest absolute Gasteiger partial charge is 0.216 e. The molecule has 0 amide bonds. The maximum Gasteiger partial charge on any atom is 0.216 e. The topological polar surface area (TPSA) is 47.0 Å². The van der Waals surface area contributed by atoms with Crippen LogP contribution in [-0.4, -0.2) is 29.7 Å². The Hall–Kier alpha value is -1.16. The third-order valence-electron chi connectivity index (χ3n) is 3.18. The van der Waals surface area contributed by atoms with Crippen LogP contribution in [-0.2, 0) is 6.42 Å². The van der Waals surface area contributed by atoms with Gasteiger partial charge in [0, 0.05) is 24.2 Å². The molecular formula is C13H21N3O. The second-order valence-electron chi connectivity index (χ2n) is 4.65. The maximum absolute atomic E-state index is 5.12. The highest BCUT2D eigenvalue weighted by Gasteiger charge is 2.30. The lowest BCUT2D eigenvalue weighted by Gasteiger charge is -2.17. The van der Waals surface area contributed by atoms with Crippen LogP contribution in [0.25, 0.3) is 0 Å². The van der Waals surface area contributed by atoms with E-state index < -0.39 is 0 Å². The van der Waals surface area contributed by atoms with Gasteiger partial charge in [-0.2, -0.15) is 0 Å². The minimum atomic E-state index is 0.564. The summed E-state index contributed by atoms with van der Waals surface area (Å²) in [6.07, 6.45) is 6.44. The summed E-state index contributed by atoms with van der Waals surface area (Å²) in [5.74, 6) is 1.49. The summed E-state index contributed by atoms with van der Waals surface area (Å²) in [7, 11) is 1.64. The van der Waals surface area contributed by atoms with Crippen LogP contribution < -0.4 is 10.1 Å². The molecule has 1 aliphatic rings. The van der Waals surface area contributed by atoms with Crippen molar-refractivity contribution in [2.24, 2.45) is 5.92 Å². The van der Waals surface area contributed by atoms with Gasteiger partial charge >= 0.3 is 0 Å². The summed E-state index contributed by atoms with van der Waals surface area (Å²) in [5.41, 5.74) is 1.07. The van der Waals surface area contributed by atoms with Crippen molar-refractivity contribution in [3.05, 3.63) is 18.1 Å². The number of aromatic nitrogens is 2. The van der Waals surface area contributed by atoms with Crippen LogP contribution in [0.2, 0.25) is 0 Å². The van der Waals surface area contributed by atoms with Crippen molar-refractivity contribution in [3.8, 4) is 5.88 Å². The largest absolute Gasteiger partial charge is 0.481 e. The molecule has 1 fully saturated rings. The SMILES string of the molecule is CCCNC(Cc1cc(OC)ncn1)C1CC1. The molecule has 1 N–H and O–H groups in total. The van der Waals surface area contributed by atoms with Gasteiger partial charge in [-0.15, -0.1) is 0 Å². The van der Waals surface area contributed by atoms with Crippen molar-refractivity contribution in [3.63, 3.8) is 0 Å². The highest BCUT2D eigenvalue weighted by Crippen LogP contribution is 2.34. The Kier molecular flexibility index (Phi) is 4.31. The number of nitrogens with zero attached hydrogens (tertiary/aromatic N) is 2. The lowest BCUT2D eigenvalue weighted by Crippen LogP contribution is -2.34. The van der Waals surface area contributed by atoms with Crippen molar-refractivity contribution in [2.45, 2.75) is 38.6 Å². The first-order valence-corrected chi connectivity index (χ1v) is 6.41. The van der Waals surface area contributed by atoms with Gasteiger partial charge in [-0.3, -0.25) is 0 Å². The molecule has 0 aromatic carbocycles. The third-order valence-corrected chi connectivity index (χ3v) is 3.18. The van der Waals surface area contributed by atoms with E-state index in [2.05, 4.69) is 22.2 Å². The number of ether oxygens (including phenoxy) is 1. The summed E-state index contributed by atoms with van der Waals surface area (Å²) in [5, 5.41) is 3.62. The molecule has 17 heavy (non-hydrogen) atoms. The summed E-state index contributed by atoms with van der Waals surface area (Å²) in [4.78, 5) is 8.35. The molecule has 1 saturated carbocycles. The van der Waals surface area contributed by atoms with Gasteiger partial charge in [-0.25, -0.2) is 9.97 Å². The van der Waals surface area contributed by atoms with E-state index in [0.29, 0.717) is 11.9 Å². The molecule has 1 atom stereocenters. The number of rotatable bonds is 7. The summed E-state index contributed by atoms with van der Waals surface area (Å²) < 4.78 is 5.12. The Morgan fingerprint density at radius 1 is 1.47 bits per heavy atom. The fourth-order valence-electron chi connectivity index (χ4n) is 2.06. The molecule has 4 nitrogen and oxygen atoms in total. The van der Waals surface area contributed by atoms with Gasteiger partial charge in [-0.05, 0) is 31.7 Å².